The number of benzene rings is 1. The summed E-state index contributed by atoms with van der Waals surface area (Å²) in [5.41, 5.74) is 0.852. The van der Waals surface area contributed by atoms with E-state index in [1.165, 1.54) is 7.11 Å². The lowest BCUT2D eigenvalue weighted by Gasteiger charge is -2.25. The van der Waals surface area contributed by atoms with Crippen LogP contribution in [0.4, 0.5) is 4.79 Å². The van der Waals surface area contributed by atoms with Gasteiger partial charge in [0.05, 0.1) is 7.11 Å². The van der Waals surface area contributed by atoms with Crippen molar-refractivity contribution in [1.29, 1.82) is 0 Å². The number of methoxy groups -OCH3 is 1. The number of hydrogen-bond donors (Lipinski definition) is 2. The van der Waals surface area contributed by atoms with Crippen LogP contribution >= 0.6 is 11.8 Å². The van der Waals surface area contributed by atoms with Crippen molar-refractivity contribution in [2.45, 2.75) is 45.4 Å². The summed E-state index contributed by atoms with van der Waals surface area (Å²) in [5, 5.41) is 5.32. The Balaban J connectivity index is 2.71. The monoisotopic (exact) mass is 410 g/mol. The van der Waals surface area contributed by atoms with E-state index in [4.69, 9.17) is 9.47 Å². The van der Waals surface area contributed by atoms with Crippen LogP contribution in [0.3, 0.4) is 0 Å². The maximum atomic E-state index is 12.7. The number of rotatable bonds is 11. The van der Waals surface area contributed by atoms with Crippen LogP contribution in [0.15, 0.2) is 30.3 Å². The van der Waals surface area contributed by atoms with E-state index in [1.54, 1.807) is 11.8 Å². The van der Waals surface area contributed by atoms with Gasteiger partial charge >= 0.3 is 12.1 Å². The molecule has 0 aliphatic heterocycles. The number of esters is 1. The highest BCUT2D eigenvalue weighted by Crippen LogP contribution is 2.11. The van der Waals surface area contributed by atoms with Gasteiger partial charge in [-0.3, -0.25) is 4.79 Å². The maximum Gasteiger partial charge on any atom is 0.408 e. The number of nitrogens with one attached hydrogen (secondary N) is 2. The van der Waals surface area contributed by atoms with Gasteiger partial charge in [0, 0.05) is 0 Å². The lowest BCUT2D eigenvalue weighted by atomic mass is 9.98. The molecule has 2 N–H and O–H groups in total. The molecule has 0 aliphatic carbocycles. The predicted molar refractivity (Wildman–Crippen MR) is 110 cm³/mol. The van der Waals surface area contributed by atoms with Crippen molar-refractivity contribution in [3.8, 4) is 0 Å². The molecule has 8 heteroatoms. The molecule has 1 rings (SSSR count). The Morgan fingerprint density at radius 3 is 2.39 bits per heavy atom. The molecular weight excluding hydrogens is 380 g/mol. The van der Waals surface area contributed by atoms with Crippen LogP contribution < -0.4 is 10.6 Å². The van der Waals surface area contributed by atoms with Crippen molar-refractivity contribution in [1.82, 2.24) is 10.6 Å². The fraction of sp³-hybridized carbons (Fsp3) is 0.550. The lowest BCUT2D eigenvalue weighted by Crippen LogP contribution is -2.53. The summed E-state index contributed by atoms with van der Waals surface area (Å²) in [6.45, 7) is 3.90. The highest BCUT2D eigenvalue weighted by atomic mass is 32.2. The molecule has 7 nitrogen and oxygen atoms in total. The van der Waals surface area contributed by atoms with Crippen LogP contribution in [0.5, 0.6) is 0 Å². The minimum absolute atomic E-state index is 0.0948. The molecule has 1 aromatic carbocycles. The van der Waals surface area contributed by atoms with Crippen molar-refractivity contribution >= 4 is 29.7 Å². The number of ether oxygens (including phenoxy) is 2. The van der Waals surface area contributed by atoms with E-state index in [9.17, 15) is 14.4 Å². The summed E-state index contributed by atoms with van der Waals surface area (Å²) in [4.78, 5) is 36.9. The van der Waals surface area contributed by atoms with E-state index in [0.29, 0.717) is 18.6 Å². The van der Waals surface area contributed by atoms with Gasteiger partial charge in [-0.1, -0.05) is 50.6 Å². The van der Waals surface area contributed by atoms with Gasteiger partial charge in [0.2, 0.25) is 5.91 Å². The Morgan fingerprint density at radius 2 is 1.82 bits per heavy atom. The van der Waals surface area contributed by atoms with Crippen LogP contribution in [0.1, 0.15) is 32.3 Å². The molecule has 0 fully saturated rings. The number of hydrogen-bond acceptors (Lipinski definition) is 6. The number of amides is 2. The Kier molecular flexibility index (Phi) is 11.1. The molecule has 3 unspecified atom stereocenters. The zero-order chi connectivity index (χ0) is 20.9. The third kappa shape index (κ3) is 8.21. The molecule has 0 aromatic heterocycles. The van der Waals surface area contributed by atoms with Crippen LogP contribution in [0.25, 0.3) is 0 Å². The van der Waals surface area contributed by atoms with Crippen molar-refractivity contribution < 1.29 is 23.9 Å². The fourth-order valence-corrected chi connectivity index (χ4v) is 2.93. The normalized spacial score (nSPS) is 13.7. The zero-order valence-electron chi connectivity index (χ0n) is 16.9. The largest absolute Gasteiger partial charge is 0.467 e. The van der Waals surface area contributed by atoms with Crippen LogP contribution in [0.2, 0.25) is 0 Å². The first kappa shape index (κ1) is 23.8. The van der Waals surface area contributed by atoms with E-state index in [0.717, 1.165) is 5.56 Å². The molecule has 0 bridgehead atoms. The summed E-state index contributed by atoms with van der Waals surface area (Å²) in [5.74, 6) is -0.356. The predicted octanol–water partition coefficient (Wildman–Crippen LogP) is 2.74. The van der Waals surface area contributed by atoms with Gasteiger partial charge < -0.3 is 20.1 Å². The third-order valence-electron chi connectivity index (χ3n) is 4.40. The van der Waals surface area contributed by atoms with Crippen LogP contribution in [-0.2, 0) is 25.7 Å². The Labute approximate surface area is 170 Å². The molecule has 0 heterocycles. The van der Waals surface area contributed by atoms with Gasteiger partial charge in [-0.25, -0.2) is 9.59 Å². The Bertz CT molecular complexity index is 626. The second-order valence-corrected chi connectivity index (χ2v) is 7.42. The average Bonchev–Trinajstić information content (AvgIpc) is 2.72. The molecule has 0 spiro atoms. The third-order valence-corrected chi connectivity index (χ3v) is 5.04. The van der Waals surface area contributed by atoms with Crippen molar-refractivity contribution in [2.24, 2.45) is 5.92 Å². The standard InChI is InChI=1S/C20H30N2O5S/c1-5-14(2)17(19(24)26-3)22-18(23)16(11-12-28-4)21-20(25)27-13-15-9-7-6-8-10-15/h6-10,14,16-17H,5,11-13H2,1-4H3,(H,21,25)(H,22,23). The second kappa shape index (κ2) is 13.0. The van der Waals surface area contributed by atoms with E-state index < -0.39 is 30.1 Å². The minimum Gasteiger partial charge on any atom is -0.467 e. The summed E-state index contributed by atoms with van der Waals surface area (Å²) < 4.78 is 10.00. The highest BCUT2D eigenvalue weighted by Gasteiger charge is 2.30. The van der Waals surface area contributed by atoms with E-state index >= 15 is 0 Å². The quantitative estimate of drug-likeness (QED) is 0.545. The molecule has 0 saturated heterocycles. The number of carbonyl (C=O) groups excluding carboxylic acids is 3. The van der Waals surface area contributed by atoms with Gasteiger partial charge in [0.15, 0.2) is 0 Å². The second-order valence-electron chi connectivity index (χ2n) is 6.44. The molecule has 28 heavy (non-hydrogen) atoms. The maximum absolute atomic E-state index is 12.7. The number of thioether (sulfide) groups is 1. The van der Waals surface area contributed by atoms with Crippen molar-refractivity contribution in [3.05, 3.63) is 35.9 Å². The van der Waals surface area contributed by atoms with Crippen molar-refractivity contribution in [2.75, 3.05) is 19.1 Å². The summed E-state index contributed by atoms with van der Waals surface area (Å²) >= 11 is 1.56. The SMILES string of the molecule is CCC(C)C(NC(=O)C(CCSC)NC(=O)OCc1ccccc1)C(=O)OC. The van der Waals surface area contributed by atoms with E-state index in [-0.39, 0.29) is 12.5 Å². The number of carbonyl (C=O) groups is 3. The first-order valence-corrected chi connectivity index (χ1v) is 10.7. The molecule has 0 saturated carbocycles. The smallest absolute Gasteiger partial charge is 0.408 e. The number of alkyl carbamates (subject to hydrolysis) is 1. The zero-order valence-corrected chi connectivity index (χ0v) is 17.7. The molecular formula is C20H30N2O5S. The van der Waals surface area contributed by atoms with Gasteiger partial charge in [-0.15, -0.1) is 0 Å². The minimum atomic E-state index is -0.799. The summed E-state index contributed by atoms with van der Waals surface area (Å²) in [7, 11) is 1.29. The van der Waals surface area contributed by atoms with Gasteiger partial charge in [-0.05, 0) is 29.9 Å². The Hall–Kier alpha value is -2.22. The topological polar surface area (TPSA) is 93.7 Å². The highest BCUT2D eigenvalue weighted by molar-refractivity contribution is 7.98. The molecule has 3 atom stereocenters. The van der Waals surface area contributed by atoms with E-state index in [1.807, 2.05) is 50.4 Å². The van der Waals surface area contributed by atoms with Crippen molar-refractivity contribution in [3.63, 3.8) is 0 Å². The molecule has 1 aromatic rings. The summed E-state index contributed by atoms with van der Waals surface area (Å²) in [6, 6.07) is 7.71. The molecule has 0 aliphatic rings. The van der Waals surface area contributed by atoms with Gasteiger partial charge in [0.1, 0.15) is 18.7 Å². The molecule has 2 amide bonds. The first-order valence-electron chi connectivity index (χ1n) is 9.27. The Morgan fingerprint density at radius 1 is 1.14 bits per heavy atom. The average molecular weight is 411 g/mol. The fourth-order valence-electron chi connectivity index (χ4n) is 2.46. The van der Waals surface area contributed by atoms with Gasteiger partial charge in [0.25, 0.3) is 0 Å². The van der Waals surface area contributed by atoms with Crippen LogP contribution in [-0.4, -0.2) is 49.2 Å². The molecule has 156 valence electrons. The van der Waals surface area contributed by atoms with E-state index in [2.05, 4.69) is 10.6 Å². The van der Waals surface area contributed by atoms with Gasteiger partial charge in [-0.2, -0.15) is 11.8 Å². The summed E-state index contributed by atoms with van der Waals surface area (Å²) in [6.07, 6.45) is 2.35. The molecule has 0 radical (unpaired) electrons. The first-order chi connectivity index (χ1) is 13.4. The lowest BCUT2D eigenvalue weighted by molar-refractivity contribution is -0.146. The van der Waals surface area contributed by atoms with Crippen LogP contribution in [0, 0.1) is 5.92 Å².